The van der Waals surface area contributed by atoms with Gasteiger partial charge in [-0.15, -0.1) is 0 Å². The largest absolute Gasteiger partial charge is 1.00 e. The first-order chi connectivity index (χ1) is 4.30. The van der Waals surface area contributed by atoms with Gasteiger partial charge in [0.25, 0.3) is 0 Å². The van der Waals surface area contributed by atoms with Gasteiger partial charge in [0.15, 0.2) is 0 Å². The molecule has 0 atom stereocenters. The zero-order valence-electron chi connectivity index (χ0n) is 5.79. The molecule has 0 heterocycles. The van der Waals surface area contributed by atoms with Crippen molar-refractivity contribution in [3.8, 4) is 0 Å². The first kappa shape index (κ1) is 9.29. The standard InChI is InChI=1S/C7H7NO.Li/c8-7(9)6-4-2-1-3-5-6;/h1-5H,(H2,8,9);/q;+1/p-1. The summed E-state index contributed by atoms with van der Waals surface area (Å²) < 4.78 is 0. The number of carbonyl (C=O) groups is 1. The molecular weight excluding hydrogens is 121 g/mol. The van der Waals surface area contributed by atoms with Crippen molar-refractivity contribution in [3.05, 3.63) is 41.6 Å². The Labute approximate surface area is 71.6 Å². The molecule has 3 heteroatoms. The monoisotopic (exact) mass is 127 g/mol. The van der Waals surface area contributed by atoms with Crippen LogP contribution in [0, 0.1) is 0 Å². The molecule has 0 bridgehead atoms. The summed E-state index contributed by atoms with van der Waals surface area (Å²) in [6.45, 7) is 0. The summed E-state index contributed by atoms with van der Waals surface area (Å²) in [7, 11) is 0. The van der Waals surface area contributed by atoms with E-state index in [2.05, 4.69) is 0 Å². The van der Waals surface area contributed by atoms with Crippen LogP contribution in [0.4, 0.5) is 0 Å². The second-order valence-electron chi connectivity index (χ2n) is 1.70. The fraction of sp³-hybridized carbons (Fsp3) is 0. The van der Waals surface area contributed by atoms with Crippen LogP contribution in [0.1, 0.15) is 10.4 Å². The third kappa shape index (κ3) is 2.26. The molecule has 1 amide bonds. The van der Waals surface area contributed by atoms with E-state index < -0.39 is 5.91 Å². The van der Waals surface area contributed by atoms with Crippen molar-refractivity contribution in [1.29, 1.82) is 0 Å². The van der Waals surface area contributed by atoms with Crippen LogP contribution in [0.3, 0.4) is 0 Å². The van der Waals surface area contributed by atoms with E-state index in [0.29, 0.717) is 5.56 Å². The van der Waals surface area contributed by atoms with Gasteiger partial charge in [0.2, 0.25) is 0 Å². The Hall–Kier alpha value is -0.713. The summed E-state index contributed by atoms with van der Waals surface area (Å²) in [5.74, 6) is -0.629. The molecule has 0 aliphatic rings. The van der Waals surface area contributed by atoms with E-state index >= 15 is 0 Å². The van der Waals surface area contributed by atoms with Crippen molar-refractivity contribution in [2.45, 2.75) is 0 Å². The summed E-state index contributed by atoms with van der Waals surface area (Å²) in [5, 5.41) is 0. The Balaban J connectivity index is 0.000000810. The fourth-order valence-corrected chi connectivity index (χ4v) is 0.590. The van der Waals surface area contributed by atoms with Crippen molar-refractivity contribution >= 4 is 5.91 Å². The van der Waals surface area contributed by atoms with Crippen LogP contribution in [0.5, 0.6) is 0 Å². The molecule has 0 saturated heterocycles. The first-order valence-corrected chi connectivity index (χ1v) is 2.61. The molecule has 0 aromatic heterocycles. The molecule has 46 valence electrons. The molecule has 10 heavy (non-hydrogen) atoms. The van der Waals surface area contributed by atoms with Crippen LogP contribution in [0.2, 0.25) is 0 Å². The topological polar surface area (TPSA) is 40.9 Å². The number of hydrogen-bond donors (Lipinski definition) is 0. The molecule has 0 fully saturated rings. The normalized spacial score (nSPS) is 8.00. The first-order valence-electron chi connectivity index (χ1n) is 2.61. The van der Waals surface area contributed by atoms with Crippen LogP contribution in [0.25, 0.3) is 5.73 Å². The third-order valence-corrected chi connectivity index (χ3v) is 1.04. The average Bonchev–Trinajstić information content (AvgIpc) is 1.90. The molecule has 1 aromatic rings. The molecule has 1 rings (SSSR count). The van der Waals surface area contributed by atoms with E-state index in [1.807, 2.05) is 6.07 Å². The van der Waals surface area contributed by atoms with Crippen molar-refractivity contribution in [3.63, 3.8) is 0 Å². The molecule has 2 nitrogen and oxygen atoms in total. The maximum atomic E-state index is 10.3. The van der Waals surface area contributed by atoms with E-state index in [-0.39, 0.29) is 18.9 Å². The predicted octanol–water partition coefficient (Wildman–Crippen LogP) is -1.12. The second kappa shape index (κ2) is 4.16. The summed E-state index contributed by atoms with van der Waals surface area (Å²) in [6.07, 6.45) is 0. The van der Waals surface area contributed by atoms with Gasteiger partial charge >= 0.3 is 18.9 Å². The van der Waals surface area contributed by atoms with E-state index in [1.165, 1.54) is 0 Å². The molecule has 1 N–H and O–H groups in total. The van der Waals surface area contributed by atoms with Gasteiger partial charge in [-0.2, -0.15) is 0 Å². The van der Waals surface area contributed by atoms with E-state index in [0.717, 1.165) is 0 Å². The molecular formula is C7H6LiNO. The van der Waals surface area contributed by atoms with Gasteiger partial charge in [-0.25, -0.2) is 0 Å². The van der Waals surface area contributed by atoms with Crippen LogP contribution < -0.4 is 18.9 Å². The van der Waals surface area contributed by atoms with Crippen molar-refractivity contribution < 1.29 is 23.7 Å². The Morgan fingerprint density at radius 3 is 2.00 bits per heavy atom. The van der Waals surface area contributed by atoms with Crippen LogP contribution in [-0.4, -0.2) is 5.91 Å². The number of amides is 1. The van der Waals surface area contributed by atoms with Gasteiger partial charge in [-0.05, 0) is 5.56 Å². The van der Waals surface area contributed by atoms with Crippen LogP contribution >= 0.6 is 0 Å². The maximum Gasteiger partial charge on any atom is 1.00 e. The molecule has 0 aliphatic heterocycles. The number of rotatable bonds is 1. The zero-order chi connectivity index (χ0) is 6.69. The van der Waals surface area contributed by atoms with E-state index in [9.17, 15) is 4.79 Å². The quantitative estimate of drug-likeness (QED) is 0.440. The van der Waals surface area contributed by atoms with Gasteiger partial charge in [-0.3, -0.25) is 0 Å². The predicted molar refractivity (Wildman–Crippen MR) is 35.1 cm³/mol. The van der Waals surface area contributed by atoms with E-state index in [4.69, 9.17) is 5.73 Å². The van der Waals surface area contributed by atoms with Crippen molar-refractivity contribution in [2.75, 3.05) is 0 Å². The number of carbonyl (C=O) groups excluding carboxylic acids is 1. The Bertz CT molecular complexity index is 210. The molecule has 1 aromatic carbocycles. The van der Waals surface area contributed by atoms with Gasteiger partial charge in [0.1, 0.15) is 0 Å². The SMILES string of the molecule is [Li+].[NH-]C(=O)c1ccccc1. The summed E-state index contributed by atoms with van der Waals surface area (Å²) in [4.78, 5) is 10.3. The summed E-state index contributed by atoms with van der Waals surface area (Å²) in [6, 6.07) is 8.53. The van der Waals surface area contributed by atoms with Crippen LogP contribution in [-0.2, 0) is 0 Å². The minimum atomic E-state index is -0.629. The van der Waals surface area contributed by atoms with Gasteiger partial charge in [-0.1, -0.05) is 30.3 Å². The number of benzene rings is 1. The number of nitrogens with one attached hydrogen (secondary N) is 1. The van der Waals surface area contributed by atoms with E-state index in [1.54, 1.807) is 24.3 Å². The average molecular weight is 127 g/mol. The smallest absolute Gasteiger partial charge is 0.664 e. The number of hydrogen-bond acceptors (Lipinski definition) is 1. The Morgan fingerprint density at radius 2 is 1.70 bits per heavy atom. The minimum Gasteiger partial charge on any atom is -0.664 e. The molecule has 0 unspecified atom stereocenters. The molecule has 0 saturated carbocycles. The third-order valence-electron chi connectivity index (χ3n) is 1.04. The zero-order valence-corrected chi connectivity index (χ0v) is 5.79. The molecule has 0 spiro atoms. The molecule has 0 radical (unpaired) electrons. The second-order valence-corrected chi connectivity index (χ2v) is 1.70. The van der Waals surface area contributed by atoms with Gasteiger partial charge in [0, 0.05) is 0 Å². The Morgan fingerprint density at radius 1 is 1.20 bits per heavy atom. The van der Waals surface area contributed by atoms with Gasteiger partial charge < -0.3 is 10.5 Å². The van der Waals surface area contributed by atoms with Crippen molar-refractivity contribution in [1.82, 2.24) is 0 Å². The Kier molecular flexibility index (Phi) is 3.86. The minimum absolute atomic E-state index is 0. The summed E-state index contributed by atoms with van der Waals surface area (Å²) in [5.41, 5.74) is 7.12. The van der Waals surface area contributed by atoms with Crippen LogP contribution in [0.15, 0.2) is 30.3 Å². The summed E-state index contributed by atoms with van der Waals surface area (Å²) >= 11 is 0. The molecule has 0 aliphatic carbocycles. The fourth-order valence-electron chi connectivity index (χ4n) is 0.590. The van der Waals surface area contributed by atoms with Gasteiger partial charge in [0.05, 0.1) is 5.91 Å². The van der Waals surface area contributed by atoms with Crippen molar-refractivity contribution in [2.24, 2.45) is 0 Å². The maximum absolute atomic E-state index is 10.3.